The molecule has 1 aliphatic rings. The normalized spacial score (nSPS) is 18.0. The minimum atomic E-state index is -4.20. The predicted molar refractivity (Wildman–Crippen MR) is 101 cm³/mol. The Bertz CT molecular complexity index is 1120. The van der Waals surface area contributed by atoms with Gasteiger partial charge >= 0.3 is 5.69 Å². The average Bonchev–Trinajstić information content (AvgIpc) is 2.62. The van der Waals surface area contributed by atoms with Crippen LogP contribution in [-0.2, 0) is 14.8 Å². The van der Waals surface area contributed by atoms with Crippen LogP contribution in [0.15, 0.2) is 38.8 Å². The van der Waals surface area contributed by atoms with Crippen LogP contribution in [0, 0.1) is 12.8 Å². The van der Waals surface area contributed by atoms with Crippen molar-refractivity contribution in [1.29, 1.82) is 0 Å². The molecule has 1 saturated heterocycles. The summed E-state index contributed by atoms with van der Waals surface area (Å²) in [6.07, 6.45) is 0.894. The quantitative estimate of drug-likeness (QED) is 0.527. The fraction of sp³-hybridized carbons (Fsp3) is 0.353. The van der Waals surface area contributed by atoms with E-state index in [0.717, 1.165) is 4.31 Å². The Hall–Kier alpha value is -2.92. The van der Waals surface area contributed by atoms with Crippen molar-refractivity contribution in [2.75, 3.05) is 18.4 Å². The minimum Gasteiger partial charge on any atom is -0.506 e. The summed E-state index contributed by atoms with van der Waals surface area (Å²) in [6, 6.07) is 6.23. The number of aromatic amines is 2. The Morgan fingerprint density at radius 3 is 2.64 bits per heavy atom. The van der Waals surface area contributed by atoms with Gasteiger partial charge < -0.3 is 15.4 Å². The number of carbonyl (C=O) groups excluding carboxylic acids is 1. The van der Waals surface area contributed by atoms with Gasteiger partial charge in [0.25, 0.3) is 5.56 Å². The lowest BCUT2D eigenvalue weighted by atomic mass is 9.98. The summed E-state index contributed by atoms with van der Waals surface area (Å²) in [6.45, 7) is 1.37. The number of hydrogen-bond donors (Lipinski definition) is 4. The number of phenolic OH excluding ortho intramolecular Hbond substituents is 1. The molecule has 0 unspecified atom stereocenters. The number of rotatable bonds is 4. The molecule has 0 spiro atoms. The first-order valence-corrected chi connectivity index (χ1v) is 10.1. The average molecular weight is 408 g/mol. The number of nitrogens with one attached hydrogen (secondary N) is 3. The zero-order chi connectivity index (χ0) is 20.5. The summed E-state index contributed by atoms with van der Waals surface area (Å²) in [5.74, 6) is -1.16. The van der Waals surface area contributed by atoms with Crippen molar-refractivity contribution >= 4 is 21.6 Å². The molecule has 1 amide bonds. The number of piperidine rings is 1. The first-order chi connectivity index (χ1) is 13.2. The topological polar surface area (TPSA) is 152 Å². The van der Waals surface area contributed by atoms with Gasteiger partial charge in [-0.2, -0.15) is 4.31 Å². The molecule has 1 aromatic heterocycles. The van der Waals surface area contributed by atoms with Crippen molar-refractivity contribution in [3.8, 4) is 5.75 Å². The van der Waals surface area contributed by atoms with Gasteiger partial charge in [0.15, 0.2) is 4.90 Å². The van der Waals surface area contributed by atoms with Gasteiger partial charge in [-0.05, 0) is 31.9 Å². The van der Waals surface area contributed by atoms with Gasteiger partial charge in [0.2, 0.25) is 15.9 Å². The molecule has 1 fully saturated rings. The highest BCUT2D eigenvalue weighted by Gasteiger charge is 2.36. The number of benzene rings is 1. The lowest BCUT2D eigenvalue weighted by Crippen LogP contribution is -2.45. The molecule has 1 aromatic carbocycles. The molecule has 0 radical (unpaired) electrons. The maximum Gasteiger partial charge on any atom is 0.325 e. The second-order valence-electron chi connectivity index (χ2n) is 6.57. The van der Waals surface area contributed by atoms with Crippen molar-refractivity contribution in [1.82, 2.24) is 14.3 Å². The first kappa shape index (κ1) is 19.8. The number of anilines is 1. The molecule has 150 valence electrons. The van der Waals surface area contributed by atoms with E-state index in [2.05, 4.69) is 10.3 Å². The standard InChI is InChI=1S/C17H20N4O6S/c1-10-14(16(24)20-17(25)18-10)28(26,27)21-8-4-5-11(9-21)15(23)19-12-6-2-3-7-13(12)22/h2-3,6-7,11,22H,4-5,8-9H2,1H3,(H,19,23)(H2,18,20,24,25)/t11-/m0/s1. The van der Waals surface area contributed by atoms with Crippen LogP contribution in [0.5, 0.6) is 5.75 Å². The summed E-state index contributed by atoms with van der Waals surface area (Å²) in [7, 11) is -4.20. The van der Waals surface area contributed by atoms with Crippen LogP contribution in [0.25, 0.3) is 0 Å². The fourth-order valence-electron chi connectivity index (χ4n) is 3.22. The van der Waals surface area contributed by atoms with E-state index in [1.807, 2.05) is 4.98 Å². The van der Waals surface area contributed by atoms with Crippen LogP contribution in [0.3, 0.4) is 0 Å². The molecule has 4 N–H and O–H groups in total. The third kappa shape index (κ3) is 3.85. The van der Waals surface area contributed by atoms with Gasteiger partial charge in [0.05, 0.1) is 11.6 Å². The number of sulfonamides is 1. The molecule has 2 heterocycles. The highest BCUT2D eigenvalue weighted by Crippen LogP contribution is 2.26. The van der Waals surface area contributed by atoms with Crippen LogP contribution in [0.1, 0.15) is 18.5 Å². The summed E-state index contributed by atoms with van der Waals surface area (Å²) in [5, 5.41) is 12.4. The van der Waals surface area contributed by atoms with E-state index in [1.54, 1.807) is 12.1 Å². The third-order valence-electron chi connectivity index (χ3n) is 4.59. The van der Waals surface area contributed by atoms with Gasteiger partial charge in [-0.3, -0.25) is 14.6 Å². The van der Waals surface area contributed by atoms with E-state index in [4.69, 9.17) is 0 Å². The maximum atomic E-state index is 12.9. The number of aromatic hydroxyl groups is 1. The minimum absolute atomic E-state index is 0.0606. The highest BCUT2D eigenvalue weighted by molar-refractivity contribution is 7.89. The Kier molecular flexibility index (Phi) is 5.38. The van der Waals surface area contributed by atoms with Crippen LogP contribution in [-0.4, -0.2) is 46.8 Å². The Morgan fingerprint density at radius 2 is 1.96 bits per heavy atom. The Balaban J connectivity index is 1.83. The fourth-order valence-corrected chi connectivity index (χ4v) is 4.94. The lowest BCUT2D eigenvalue weighted by molar-refractivity contribution is -0.120. The largest absolute Gasteiger partial charge is 0.506 e. The van der Waals surface area contributed by atoms with Gasteiger partial charge in [0.1, 0.15) is 5.75 Å². The Labute approximate surface area is 160 Å². The number of H-pyrrole nitrogens is 2. The predicted octanol–water partition coefficient (Wildman–Crippen LogP) is 0.117. The zero-order valence-electron chi connectivity index (χ0n) is 15.1. The number of phenols is 1. The van der Waals surface area contributed by atoms with E-state index in [-0.39, 0.29) is 30.2 Å². The first-order valence-electron chi connectivity index (χ1n) is 8.62. The number of para-hydroxylation sites is 2. The summed E-state index contributed by atoms with van der Waals surface area (Å²) >= 11 is 0. The molecular weight excluding hydrogens is 388 g/mol. The van der Waals surface area contributed by atoms with Crippen molar-refractivity contribution in [2.24, 2.45) is 5.92 Å². The number of aromatic nitrogens is 2. The van der Waals surface area contributed by atoms with Crippen LogP contribution in [0.4, 0.5) is 5.69 Å². The van der Waals surface area contributed by atoms with Gasteiger partial charge in [-0.1, -0.05) is 12.1 Å². The van der Waals surface area contributed by atoms with Gasteiger partial charge in [0, 0.05) is 18.8 Å². The number of hydrogen-bond acceptors (Lipinski definition) is 6. The number of nitrogens with zero attached hydrogens (tertiary/aromatic N) is 1. The van der Waals surface area contributed by atoms with Crippen molar-refractivity contribution in [3.63, 3.8) is 0 Å². The molecule has 2 aromatic rings. The van der Waals surface area contributed by atoms with E-state index >= 15 is 0 Å². The summed E-state index contributed by atoms with van der Waals surface area (Å²) in [5.41, 5.74) is -1.61. The van der Waals surface area contributed by atoms with Crippen LogP contribution < -0.4 is 16.6 Å². The molecule has 10 nitrogen and oxygen atoms in total. The summed E-state index contributed by atoms with van der Waals surface area (Å²) < 4.78 is 26.9. The molecular formula is C17H20N4O6S. The van der Waals surface area contributed by atoms with Gasteiger partial charge in [-0.25, -0.2) is 13.2 Å². The van der Waals surface area contributed by atoms with E-state index in [1.165, 1.54) is 19.1 Å². The molecule has 1 aliphatic heterocycles. The van der Waals surface area contributed by atoms with E-state index < -0.39 is 38.0 Å². The van der Waals surface area contributed by atoms with E-state index in [0.29, 0.717) is 12.8 Å². The second kappa shape index (κ2) is 7.60. The third-order valence-corrected chi connectivity index (χ3v) is 6.61. The highest BCUT2D eigenvalue weighted by atomic mass is 32.2. The number of carbonyl (C=O) groups is 1. The Morgan fingerprint density at radius 1 is 1.25 bits per heavy atom. The van der Waals surface area contributed by atoms with Gasteiger partial charge in [-0.15, -0.1) is 0 Å². The SMILES string of the molecule is Cc1[nH]c(=O)[nH]c(=O)c1S(=O)(=O)N1CCC[C@H](C(=O)Nc2ccccc2O)C1. The van der Waals surface area contributed by atoms with Crippen LogP contribution >= 0.6 is 0 Å². The molecule has 3 rings (SSSR count). The molecule has 11 heteroatoms. The maximum absolute atomic E-state index is 12.9. The van der Waals surface area contributed by atoms with E-state index in [9.17, 15) is 27.9 Å². The van der Waals surface area contributed by atoms with Crippen molar-refractivity contribution in [3.05, 3.63) is 50.8 Å². The molecule has 28 heavy (non-hydrogen) atoms. The zero-order valence-corrected chi connectivity index (χ0v) is 15.9. The van der Waals surface area contributed by atoms with Crippen molar-refractivity contribution < 1.29 is 18.3 Å². The second-order valence-corrected chi connectivity index (χ2v) is 8.45. The number of aryl methyl sites for hydroxylation is 1. The monoisotopic (exact) mass is 408 g/mol. The van der Waals surface area contributed by atoms with Crippen molar-refractivity contribution in [2.45, 2.75) is 24.7 Å². The molecule has 0 bridgehead atoms. The smallest absolute Gasteiger partial charge is 0.325 e. The number of amides is 1. The van der Waals surface area contributed by atoms with Crippen LogP contribution in [0.2, 0.25) is 0 Å². The molecule has 0 saturated carbocycles. The summed E-state index contributed by atoms with van der Waals surface area (Å²) in [4.78, 5) is 39.6. The lowest BCUT2D eigenvalue weighted by Gasteiger charge is -2.31. The molecule has 0 aliphatic carbocycles. The molecule has 1 atom stereocenters.